The molecule has 0 spiro atoms. The maximum atomic E-state index is 12.2. The number of benzene rings is 1. The van der Waals surface area contributed by atoms with Crippen LogP contribution in [-0.2, 0) is 6.42 Å². The van der Waals surface area contributed by atoms with E-state index < -0.39 is 0 Å². The van der Waals surface area contributed by atoms with Crippen LogP contribution in [0.15, 0.2) is 35.7 Å². The van der Waals surface area contributed by atoms with Crippen molar-refractivity contribution in [1.29, 1.82) is 0 Å². The van der Waals surface area contributed by atoms with Crippen molar-refractivity contribution in [2.75, 3.05) is 5.32 Å². The van der Waals surface area contributed by atoms with Gasteiger partial charge in [0.25, 0.3) is 5.91 Å². The summed E-state index contributed by atoms with van der Waals surface area (Å²) >= 11 is 15.0. The predicted molar refractivity (Wildman–Crippen MR) is 104 cm³/mol. The van der Waals surface area contributed by atoms with Gasteiger partial charge in [0, 0.05) is 10.4 Å². The van der Waals surface area contributed by atoms with Crippen LogP contribution in [0.1, 0.15) is 27.9 Å². The molecule has 3 nitrogen and oxygen atoms in total. The number of rotatable bonds is 5. The molecule has 0 aliphatic carbocycles. The van der Waals surface area contributed by atoms with Gasteiger partial charge >= 0.3 is 0 Å². The molecule has 2 heterocycles. The summed E-state index contributed by atoms with van der Waals surface area (Å²) < 4.78 is 0. The number of aromatic nitrogens is 1. The molecule has 1 amide bonds. The van der Waals surface area contributed by atoms with Crippen molar-refractivity contribution in [3.63, 3.8) is 0 Å². The Morgan fingerprint density at radius 1 is 1.25 bits per heavy atom. The molecule has 0 unspecified atom stereocenters. The molecular formula is C17H14Cl2N2OS2. The first-order chi connectivity index (χ1) is 11.6. The number of carbonyl (C=O) groups is 1. The Hall–Kier alpha value is -1.40. The van der Waals surface area contributed by atoms with Crippen LogP contribution in [0.4, 0.5) is 5.13 Å². The van der Waals surface area contributed by atoms with E-state index in [1.165, 1.54) is 22.7 Å². The normalized spacial score (nSPS) is 10.8. The minimum atomic E-state index is -0.137. The van der Waals surface area contributed by atoms with Crippen molar-refractivity contribution in [3.05, 3.63) is 55.5 Å². The van der Waals surface area contributed by atoms with E-state index in [0.29, 0.717) is 20.1 Å². The first-order valence-corrected chi connectivity index (χ1v) is 9.83. The van der Waals surface area contributed by atoms with Crippen molar-refractivity contribution in [2.45, 2.75) is 19.8 Å². The first-order valence-electron chi connectivity index (χ1n) is 7.38. The molecule has 0 atom stereocenters. The molecule has 3 rings (SSSR count). The van der Waals surface area contributed by atoms with Crippen LogP contribution in [-0.4, -0.2) is 10.9 Å². The molecule has 1 aromatic carbocycles. The average Bonchev–Trinajstić information content (AvgIpc) is 3.20. The molecule has 24 heavy (non-hydrogen) atoms. The Morgan fingerprint density at radius 3 is 2.75 bits per heavy atom. The Morgan fingerprint density at radius 2 is 2.08 bits per heavy atom. The van der Waals surface area contributed by atoms with Gasteiger partial charge in [-0.25, -0.2) is 4.98 Å². The fourth-order valence-corrected chi connectivity index (χ4v) is 4.23. The minimum Gasteiger partial charge on any atom is -0.297 e. The lowest BCUT2D eigenvalue weighted by Crippen LogP contribution is -2.09. The number of anilines is 1. The smallest absolute Gasteiger partial charge is 0.267 e. The zero-order chi connectivity index (χ0) is 17.1. The number of nitrogens with zero attached hydrogens (tertiary/aromatic N) is 1. The van der Waals surface area contributed by atoms with E-state index in [0.717, 1.165) is 29.0 Å². The van der Waals surface area contributed by atoms with Gasteiger partial charge in [-0.05, 0) is 30.0 Å². The number of hydrogen-bond donors (Lipinski definition) is 1. The second-order valence-corrected chi connectivity index (χ2v) is 7.95. The number of nitrogens with one attached hydrogen (secondary N) is 1. The lowest BCUT2D eigenvalue weighted by molar-refractivity contribution is 0.103. The van der Waals surface area contributed by atoms with Gasteiger partial charge in [-0.2, -0.15) is 0 Å². The molecule has 7 heteroatoms. The van der Waals surface area contributed by atoms with E-state index in [1.807, 2.05) is 23.6 Å². The van der Waals surface area contributed by atoms with Gasteiger partial charge < -0.3 is 0 Å². The van der Waals surface area contributed by atoms with Crippen molar-refractivity contribution in [1.82, 2.24) is 4.98 Å². The van der Waals surface area contributed by atoms with E-state index in [-0.39, 0.29) is 5.91 Å². The molecule has 1 N–H and O–H groups in total. The first kappa shape index (κ1) is 17.4. The van der Waals surface area contributed by atoms with Gasteiger partial charge in [-0.1, -0.05) is 48.7 Å². The van der Waals surface area contributed by atoms with Crippen LogP contribution in [0.5, 0.6) is 0 Å². The van der Waals surface area contributed by atoms with Gasteiger partial charge in [-0.3, -0.25) is 10.1 Å². The summed E-state index contributed by atoms with van der Waals surface area (Å²) in [5, 5.41) is 6.36. The van der Waals surface area contributed by atoms with Gasteiger partial charge in [0.05, 0.1) is 20.6 Å². The van der Waals surface area contributed by atoms with Crippen LogP contribution in [0, 0.1) is 0 Å². The summed E-state index contributed by atoms with van der Waals surface area (Å²) in [5.74, 6) is -0.137. The highest BCUT2D eigenvalue weighted by Gasteiger charge is 2.16. The molecule has 0 aliphatic rings. The fraction of sp³-hybridized carbons (Fsp3) is 0.176. The summed E-state index contributed by atoms with van der Waals surface area (Å²) in [7, 11) is 0. The molecular weight excluding hydrogens is 383 g/mol. The molecule has 2 aromatic heterocycles. The summed E-state index contributed by atoms with van der Waals surface area (Å²) in [6.07, 6.45) is 1.89. The van der Waals surface area contributed by atoms with Gasteiger partial charge in [0.15, 0.2) is 5.13 Å². The van der Waals surface area contributed by atoms with E-state index in [4.69, 9.17) is 23.2 Å². The van der Waals surface area contributed by atoms with E-state index in [1.54, 1.807) is 12.1 Å². The summed E-state index contributed by atoms with van der Waals surface area (Å²) in [6, 6.07) is 9.11. The van der Waals surface area contributed by atoms with Crippen LogP contribution in [0.25, 0.3) is 11.3 Å². The van der Waals surface area contributed by atoms with Crippen molar-refractivity contribution in [2.24, 2.45) is 0 Å². The SMILES string of the molecule is CCCc1sc(NC(=O)c2cccs2)nc1-c1ccc(Cl)c(Cl)c1. The zero-order valence-corrected chi connectivity index (χ0v) is 16.0. The Labute approximate surface area is 158 Å². The molecule has 0 aliphatic heterocycles. The number of hydrogen-bond acceptors (Lipinski definition) is 4. The number of carbonyl (C=O) groups excluding carboxylic acids is 1. The number of halogens is 2. The number of amides is 1. The summed E-state index contributed by atoms with van der Waals surface area (Å²) in [4.78, 5) is 18.6. The highest BCUT2D eigenvalue weighted by molar-refractivity contribution is 7.16. The third-order valence-corrected chi connectivity index (χ3v) is 5.97. The molecule has 0 radical (unpaired) electrons. The van der Waals surface area contributed by atoms with Gasteiger partial charge in [-0.15, -0.1) is 22.7 Å². The largest absolute Gasteiger partial charge is 0.297 e. The second-order valence-electron chi connectivity index (χ2n) is 5.10. The quantitative estimate of drug-likeness (QED) is 0.543. The third kappa shape index (κ3) is 3.81. The molecule has 0 saturated carbocycles. The molecule has 3 aromatic rings. The Kier molecular flexibility index (Phi) is 5.56. The maximum absolute atomic E-state index is 12.2. The second kappa shape index (κ2) is 7.66. The zero-order valence-electron chi connectivity index (χ0n) is 12.8. The van der Waals surface area contributed by atoms with E-state index in [9.17, 15) is 4.79 Å². The topological polar surface area (TPSA) is 42.0 Å². The lowest BCUT2D eigenvalue weighted by Gasteiger charge is -2.03. The monoisotopic (exact) mass is 396 g/mol. The van der Waals surface area contributed by atoms with Crippen LogP contribution in [0.2, 0.25) is 10.0 Å². The van der Waals surface area contributed by atoms with Crippen molar-refractivity contribution in [3.8, 4) is 11.3 Å². The molecule has 0 fully saturated rings. The van der Waals surface area contributed by atoms with E-state index in [2.05, 4.69) is 17.2 Å². The van der Waals surface area contributed by atoms with Gasteiger partial charge in [0.1, 0.15) is 0 Å². The lowest BCUT2D eigenvalue weighted by atomic mass is 10.1. The highest BCUT2D eigenvalue weighted by Crippen LogP contribution is 2.35. The summed E-state index contributed by atoms with van der Waals surface area (Å²) in [5.41, 5.74) is 1.75. The molecule has 0 saturated heterocycles. The number of thiophene rings is 1. The fourth-order valence-electron chi connectivity index (χ4n) is 2.24. The van der Waals surface area contributed by atoms with Crippen molar-refractivity contribution < 1.29 is 4.79 Å². The van der Waals surface area contributed by atoms with Crippen LogP contribution < -0.4 is 5.32 Å². The molecule has 124 valence electrons. The number of aryl methyl sites for hydroxylation is 1. The van der Waals surface area contributed by atoms with Crippen LogP contribution >= 0.6 is 45.9 Å². The number of thiazole rings is 1. The average molecular weight is 397 g/mol. The van der Waals surface area contributed by atoms with Crippen molar-refractivity contribution >= 4 is 56.9 Å². The van der Waals surface area contributed by atoms with E-state index >= 15 is 0 Å². The summed E-state index contributed by atoms with van der Waals surface area (Å²) in [6.45, 7) is 2.11. The minimum absolute atomic E-state index is 0.137. The maximum Gasteiger partial charge on any atom is 0.267 e. The third-order valence-electron chi connectivity index (χ3n) is 3.33. The van der Waals surface area contributed by atoms with Gasteiger partial charge in [0.2, 0.25) is 0 Å². The molecule has 0 bridgehead atoms. The highest BCUT2D eigenvalue weighted by atomic mass is 35.5. The standard InChI is InChI=1S/C17H14Cl2N2OS2/c1-2-4-13-15(10-6-7-11(18)12(19)9-10)20-17(24-13)21-16(22)14-5-3-8-23-14/h3,5-9H,2,4H2,1H3,(H,20,21,22). The predicted octanol–water partition coefficient (Wildman–Crippen LogP) is 6.38. The Balaban J connectivity index is 1.92. The Bertz CT molecular complexity index is 860. The van der Waals surface area contributed by atoms with Crippen LogP contribution in [0.3, 0.4) is 0 Å².